The Balaban J connectivity index is 2.41. The molecule has 0 saturated heterocycles. The maximum absolute atomic E-state index is 11.7. The molecule has 0 aromatic heterocycles. The molecule has 16 heavy (non-hydrogen) atoms. The second-order valence-corrected chi connectivity index (χ2v) is 3.85. The van der Waals surface area contributed by atoms with Crippen LogP contribution in [0, 0.1) is 0 Å². The number of carbonyl (C=O) groups is 2. The van der Waals surface area contributed by atoms with Crippen LogP contribution in [0.15, 0.2) is 24.3 Å². The fraction of sp³-hybridized carbons (Fsp3) is 0.333. The molecule has 1 atom stereocenters. The van der Waals surface area contributed by atoms with E-state index in [2.05, 4.69) is 5.32 Å². The van der Waals surface area contributed by atoms with E-state index in [1.165, 1.54) is 6.92 Å². The first kappa shape index (κ1) is 10.7. The Kier molecular flexibility index (Phi) is 2.64. The minimum absolute atomic E-state index is 0.0986. The van der Waals surface area contributed by atoms with Crippen molar-refractivity contribution in [2.75, 3.05) is 11.9 Å². The van der Waals surface area contributed by atoms with Gasteiger partial charge in [0.2, 0.25) is 11.8 Å². The van der Waals surface area contributed by atoms with Gasteiger partial charge in [-0.3, -0.25) is 14.5 Å². The second-order valence-electron chi connectivity index (χ2n) is 3.85. The molecule has 0 aliphatic carbocycles. The van der Waals surface area contributed by atoms with E-state index in [1.807, 2.05) is 24.3 Å². The average molecular weight is 218 g/mol. The summed E-state index contributed by atoms with van der Waals surface area (Å²) in [7, 11) is 1.59. The van der Waals surface area contributed by atoms with Gasteiger partial charge in [-0.1, -0.05) is 18.2 Å². The molecule has 0 saturated carbocycles. The lowest BCUT2D eigenvalue weighted by Gasteiger charge is -2.22. The summed E-state index contributed by atoms with van der Waals surface area (Å²) in [6.45, 7) is 1.48. The fourth-order valence-corrected chi connectivity index (χ4v) is 2.15. The SMILES string of the molecule is CNC(=O)[C@H]1Cc2ccccc2N1C(C)=O. The van der Waals surface area contributed by atoms with Crippen LogP contribution in [0.25, 0.3) is 0 Å². The van der Waals surface area contributed by atoms with Gasteiger partial charge in [0.15, 0.2) is 0 Å². The maximum Gasteiger partial charge on any atom is 0.243 e. The fourth-order valence-electron chi connectivity index (χ4n) is 2.15. The van der Waals surface area contributed by atoms with Crippen molar-refractivity contribution in [2.24, 2.45) is 0 Å². The highest BCUT2D eigenvalue weighted by Crippen LogP contribution is 2.31. The molecule has 2 amide bonds. The molecule has 1 aromatic carbocycles. The van der Waals surface area contributed by atoms with Crippen molar-refractivity contribution >= 4 is 17.5 Å². The minimum atomic E-state index is -0.403. The Hall–Kier alpha value is -1.84. The molecule has 1 N–H and O–H groups in total. The van der Waals surface area contributed by atoms with Crippen LogP contribution in [-0.4, -0.2) is 24.9 Å². The van der Waals surface area contributed by atoms with Gasteiger partial charge in [0.05, 0.1) is 0 Å². The summed E-state index contributed by atoms with van der Waals surface area (Å²) in [5, 5.41) is 2.59. The maximum atomic E-state index is 11.7. The molecule has 1 aromatic rings. The third-order valence-electron chi connectivity index (χ3n) is 2.86. The van der Waals surface area contributed by atoms with E-state index in [1.54, 1.807) is 11.9 Å². The number of benzene rings is 1. The topological polar surface area (TPSA) is 49.4 Å². The number of likely N-dealkylation sites (N-methyl/N-ethyl adjacent to an activating group) is 1. The van der Waals surface area contributed by atoms with E-state index in [0.29, 0.717) is 6.42 Å². The number of carbonyl (C=O) groups excluding carboxylic acids is 2. The number of nitrogens with one attached hydrogen (secondary N) is 1. The zero-order valence-electron chi connectivity index (χ0n) is 9.36. The Morgan fingerprint density at radius 1 is 1.38 bits per heavy atom. The summed E-state index contributed by atoms with van der Waals surface area (Å²) in [4.78, 5) is 24.8. The molecule has 84 valence electrons. The van der Waals surface area contributed by atoms with Crippen LogP contribution in [0.4, 0.5) is 5.69 Å². The number of amides is 2. The molecule has 0 fully saturated rings. The van der Waals surface area contributed by atoms with Gasteiger partial charge in [-0.15, -0.1) is 0 Å². The number of fused-ring (bicyclic) bond motifs is 1. The quantitative estimate of drug-likeness (QED) is 0.754. The lowest BCUT2D eigenvalue weighted by molar-refractivity contribution is -0.125. The molecule has 0 spiro atoms. The van der Waals surface area contributed by atoms with Crippen LogP contribution in [0.2, 0.25) is 0 Å². The number of nitrogens with zero attached hydrogens (tertiary/aromatic N) is 1. The predicted octanol–water partition coefficient (Wildman–Crippen LogP) is 0.710. The predicted molar refractivity (Wildman–Crippen MR) is 61.2 cm³/mol. The highest BCUT2D eigenvalue weighted by molar-refractivity contribution is 6.02. The van der Waals surface area contributed by atoms with Crippen LogP contribution in [0.3, 0.4) is 0 Å². The lowest BCUT2D eigenvalue weighted by atomic mass is 10.1. The summed E-state index contributed by atoms with van der Waals surface area (Å²) >= 11 is 0. The normalized spacial score (nSPS) is 18.1. The third kappa shape index (κ3) is 1.56. The number of rotatable bonds is 1. The van der Waals surface area contributed by atoms with Gasteiger partial charge in [0.25, 0.3) is 0 Å². The number of hydrogen-bond donors (Lipinski definition) is 1. The van der Waals surface area contributed by atoms with Crippen LogP contribution in [-0.2, 0) is 16.0 Å². The largest absolute Gasteiger partial charge is 0.357 e. The molecule has 1 heterocycles. The Morgan fingerprint density at radius 3 is 2.69 bits per heavy atom. The Morgan fingerprint density at radius 2 is 2.06 bits per heavy atom. The van der Waals surface area contributed by atoms with E-state index in [4.69, 9.17) is 0 Å². The van der Waals surface area contributed by atoms with E-state index in [0.717, 1.165) is 11.3 Å². The second kappa shape index (κ2) is 3.96. The average Bonchev–Trinajstić information content (AvgIpc) is 2.67. The summed E-state index contributed by atoms with van der Waals surface area (Å²) in [5.74, 6) is -0.218. The summed E-state index contributed by atoms with van der Waals surface area (Å²) < 4.78 is 0. The smallest absolute Gasteiger partial charge is 0.243 e. The highest BCUT2D eigenvalue weighted by Gasteiger charge is 2.35. The molecule has 4 nitrogen and oxygen atoms in total. The third-order valence-corrected chi connectivity index (χ3v) is 2.86. The molecule has 4 heteroatoms. The van der Waals surface area contributed by atoms with Gasteiger partial charge in [-0.2, -0.15) is 0 Å². The zero-order valence-corrected chi connectivity index (χ0v) is 9.36. The van der Waals surface area contributed by atoms with Crippen molar-refractivity contribution in [1.82, 2.24) is 5.32 Å². The molecular weight excluding hydrogens is 204 g/mol. The first-order valence-electron chi connectivity index (χ1n) is 5.24. The number of hydrogen-bond acceptors (Lipinski definition) is 2. The van der Waals surface area contributed by atoms with E-state index in [9.17, 15) is 9.59 Å². The van der Waals surface area contributed by atoms with E-state index >= 15 is 0 Å². The Bertz CT molecular complexity index is 442. The standard InChI is InChI=1S/C12H14N2O2/c1-8(15)14-10-6-4-3-5-9(10)7-11(14)12(16)13-2/h3-6,11H,7H2,1-2H3,(H,13,16)/t11-/m1/s1. The molecule has 0 bridgehead atoms. The molecule has 1 aliphatic heterocycles. The van der Waals surface area contributed by atoms with Gasteiger partial charge in [-0.05, 0) is 11.6 Å². The molecule has 2 rings (SSSR count). The van der Waals surface area contributed by atoms with Crippen molar-refractivity contribution in [1.29, 1.82) is 0 Å². The summed E-state index contributed by atoms with van der Waals surface area (Å²) in [5.41, 5.74) is 1.90. The van der Waals surface area contributed by atoms with Gasteiger partial charge in [0.1, 0.15) is 6.04 Å². The van der Waals surface area contributed by atoms with Crippen LogP contribution >= 0.6 is 0 Å². The highest BCUT2D eigenvalue weighted by atomic mass is 16.2. The molecule has 1 aliphatic rings. The van der Waals surface area contributed by atoms with Crippen molar-refractivity contribution in [2.45, 2.75) is 19.4 Å². The van der Waals surface area contributed by atoms with Crippen LogP contribution in [0.5, 0.6) is 0 Å². The van der Waals surface area contributed by atoms with Crippen LogP contribution < -0.4 is 10.2 Å². The Labute approximate surface area is 94.2 Å². The molecule has 0 unspecified atom stereocenters. The van der Waals surface area contributed by atoms with Crippen molar-refractivity contribution < 1.29 is 9.59 Å². The van der Waals surface area contributed by atoms with Gasteiger partial charge in [-0.25, -0.2) is 0 Å². The molecular formula is C12H14N2O2. The van der Waals surface area contributed by atoms with E-state index in [-0.39, 0.29) is 11.8 Å². The molecule has 0 radical (unpaired) electrons. The van der Waals surface area contributed by atoms with E-state index < -0.39 is 6.04 Å². The monoisotopic (exact) mass is 218 g/mol. The van der Waals surface area contributed by atoms with Crippen molar-refractivity contribution in [3.8, 4) is 0 Å². The van der Waals surface area contributed by atoms with Gasteiger partial charge in [0, 0.05) is 26.1 Å². The van der Waals surface area contributed by atoms with Crippen molar-refractivity contribution in [3.63, 3.8) is 0 Å². The van der Waals surface area contributed by atoms with Gasteiger partial charge < -0.3 is 5.32 Å². The zero-order chi connectivity index (χ0) is 11.7. The van der Waals surface area contributed by atoms with Crippen molar-refractivity contribution in [3.05, 3.63) is 29.8 Å². The summed E-state index contributed by atoms with van der Waals surface area (Å²) in [6, 6.07) is 7.22. The van der Waals surface area contributed by atoms with Gasteiger partial charge >= 0.3 is 0 Å². The number of anilines is 1. The minimum Gasteiger partial charge on any atom is -0.357 e. The number of para-hydroxylation sites is 1. The first-order valence-corrected chi connectivity index (χ1v) is 5.24. The lowest BCUT2D eigenvalue weighted by Crippen LogP contribution is -2.46. The van der Waals surface area contributed by atoms with Crippen LogP contribution in [0.1, 0.15) is 12.5 Å². The summed E-state index contributed by atoms with van der Waals surface area (Å²) in [6.07, 6.45) is 0.593. The first-order chi connectivity index (χ1) is 7.65.